The molecule has 0 radical (unpaired) electrons. The minimum absolute atomic E-state index is 0.196. The van der Waals surface area contributed by atoms with E-state index in [0.717, 1.165) is 6.42 Å². The Balaban J connectivity index is 2.72. The number of aromatic nitrogens is 2. The number of carbonyl (C=O) groups is 1. The van der Waals surface area contributed by atoms with E-state index < -0.39 is 0 Å². The normalized spacial score (nSPS) is 9.86. The summed E-state index contributed by atoms with van der Waals surface area (Å²) >= 11 is 0. The van der Waals surface area contributed by atoms with Gasteiger partial charge in [0.1, 0.15) is 5.82 Å². The number of carbonyl (C=O) groups excluding carboxylic acids is 1. The van der Waals surface area contributed by atoms with Crippen LogP contribution in [0.15, 0.2) is 6.20 Å². The summed E-state index contributed by atoms with van der Waals surface area (Å²) in [5, 5.41) is 0. The number of hydrogen-bond donors (Lipinski definition) is 1. The van der Waals surface area contributed by atoms with Gasteiger partial charge >= 0.3 is 5.97 Å². The lowest BCUT2D eigenvalue weighted by Gasteiger charge is -2.05. The molecule has 1 rings (SSSR count). The Morgan fingerprint density at radius 2 is 2.36 bits per heavy atom. The van der Waals surface area contributed by atoms with Crippen molar-refractivity contribution in [2.75, 3.05) is 5.73 Å². The van der Waals surface area contributed by atoms with Gasteiger partial charge in [-0.1, -0.05) is 6.92 Å². The molecule has 1 aromatic rings. The largest absolute Gasteiger partial charge is 0.421 e. The van der Waals surface area contributed by atoms with Crippen molar-refractivity contribution in [2.24, 2.45) is 0 Å². The average Bonchev–Trinajstić information content (AvgIpc) is 2.10. The first-order chi connectivity index (χ1) is 6.63. The second-order valence-corrected chi connectivity index (χ2v) is 2.89. The molecule has 0 aliphatic carbocycles. The molecule has 0 bridgehead atoms. The standard InChI is InChI=1S/C9H13N3O2/c1-3-4-8(13)14-7-5-11-6(2)12-9(7)10/h5H,3-4H2,1-2H3,(H2,10,11,12). The summed E-state index contributed by atoms with van der Waals surface area (Å²) < 4.78 is 4.95. The Kier molecular flexibility index (Phi) is 3.39. The maximum absolute atomic E-state index is 11.1. The number of anilines is 1. The molecule has 0 saturated carbocycles. The van der Waals surface area contributed by atoms with Crippen LogP contribution in [0, 0.1) is 6.92 Å². The predicted molar refractivity (Wildman–Crippen MR) is 51.7 cm³/mol. The first kappa shape index (κ1) is 10.4. The first-order valence-electron chi connectivity index (χ1n) is 4.43. The van der Waals surface area contributed by atoms with Crippen LogP contribution in [-0.2, 0) is 4.79 Å². The van der Waals surface area contributed by atoms with Crippen LogP contribution in [0.1, 0.15) is 25.6 Å². The Labute approximate surface area is 82.3 Å². The second kappa shape index (κ2) is 4.55. The number of esters is 1. The van der Waals surface area contributed by atoms with Gasteiger partial charge in [0.05, 0.1) is 6.20 Å². The minimum Gasteiger partial charge on any atom is -0.421 e. The van der Waals surface area contributed by atoms with Crippen molar-refractivity contribution in [1.29, 1.82) is 0 Å². The summed E-state index contributed by atoms with van der Waals surface area (Å²) in [6.45, 7) is 3.62. The van der Waals surface area contributed by atoms with Crippen molar-refractivity contribution < 1.29 is 9.53 Å². The lowest BCUT2D eigenvalue weighted by Crippen LogP contribution is -2.10. The minimum atomic E-state index is -0.313. The monoisotopic (exact) mass is 195 g/mol. The summed E-state index contributed by atoms with van der Waals surface area (Å²) in [6, 6.07) is 0. The highest BCUT2D eigenvalue weighted by Crippen LogP contribution is 2.17. The molecule has 0 aliphatic rings. The van der Waals surface area contributed by atoms with Crippen molar-refractivity contribution in [3.05, 3.63) is 12.0 Å². The quantitative estimate of drug-likeness (QED) is 0.730. The molecule has 0 unspecified atom stereocenters. The van der Waals surface area contributed by atoms with Crippen LogP contribution in [0.25, 0.3) is 0 Å². The molecule has 0 spiro atoms. The number of nitrogens with two attached hydrogens (primary N) is 1. The molecule has 5 heteroatoms. The summed E-state index contributed by atoms with van der Waals surface area (Å²) in [4.78, 5) is 18.9. The van der Waals surface area contributed by atoms with Gasteiger partial charge < -0.3 is 10.5 Å². The molecular formula is C9H13N3O2. The van der Waals surface area contributed by atoms with Crippen LogP contribution < -0.4 is 10.5 Å². The van der Waals surface area contributed by atoms with E-state index >= 15 is 0 Å². The molecule has 0 atom stereocenters. The number of nitrogen functional groups attached to an aromatic ring is 1. The smallest absolute Gasteiger partial charge is 0.311 e. The van der Waals surface area contributed by atoms with Gasteiger partial charge in [-0.3, -0.25) is 4.79 Å². The molecule has 0 fully saturated rings. The second-order valence-electron chi connectivity index (χ2n) is 2.89. The fourth-order valence-corrected chi connectivity index (χ4v) is 0.933. The summed E-state index contributed by atoms with van der Waals surface area (Å²) in [7, 11) is 0. The van der Waals surface area contributed by atoms with Crippen LogP contribution >= 0.6 is 0 Å². The fourth-order valence-electron chi connectivity index (χ4n) is 0.933. The molecule has 2 N–H and O–H groups in total. The molecule has 0 aliphatic heterocycles. The van der Waals surface area contributed by atoms with E-state index in [1.165, 1.54) is 6.20 Å². The maximum atomic E-state index is 11.1. The number of rotatable bonds is 3. The molecule has 1 aromatic heterocycles. The van der Waals surface area contributed by atoms with E-state index in [-0.39, 0.29) is 17.5 Å². The van der Waals surface area contributed by atoms with Gasteiger partial charge in [-0.2, -0.15) is 0 Å². The highest BCUT2D eigenvalue weighted by Gasteiger charge is 2.08. The highest BCUT2D eigenvalue weighted by atomic mass is 16.5. The Hall–Kier alpha value is -1.65. The third-order valence-electron chi connectivity index (χ3n) is 1.58. The predicted octanol–water partition coefficient (Wildman–Crippen LogP) is 1.07. The third-order valence-corrected chi connectivity index (χ3v) is 1.58. The molecule has 0 amide bonds. The van der Waals surface area contributed by atoms with E-state index in [4.69, 9.17) is 10.5 Å². The Morgan fingerprint density at radius 3 is 2.93 bits per heavy atom. The van der Waals surface area contributed by atoms with E-state index in [0.29, 0.717) is 12.2 Å². The van der Waals surface area contributed by atoms with Crippen molar-refractivity contribution in [2.45, 2.75) is 26.7 Å². The number of nitrogens with zero attached hydrogens (tertiary/aromatic N) is 2. The topological polar surface area (TPSA) is 78.1 Å². The van der Waals surface area contributed by atoms with Crippen LogP contribution in [0.4, 0.5) is 5.82 Å². The zero-order valence-corrected chi connectivity index (χ0v) is 8.28. The fraction of sp³-hybridized carbons (Fsp3) is 0.444. The molecule has 5 nitrogen and oxygen atoms in total. The van der Waals surface area contributed by atoms with Crippen molar-refractivity contribution in [3.63, 3.8) is 0 Å². The zero-order chi connectivity index (χ0) is 10.6. The molecule has 76 valence electrons. The molecule has 1 heterocycles. The average molecular weight is 195 g/mol. The SMILES string of the molecule is CCCC(=O)Oc1cnc(C)nc1N. The summed E-state index contributed by atoms with van der Waals surface area (Å²) in [5.74, 6) is 0.667. The van der Waals surface area contributed by atoms with E-state index in [1.54, 1.807) is 6.92 Å². The molecule has 14 heavy (non-hydrogen) atoms. The lowest BCUT2D eigenvalue weighted by atomic mass is 10.3. The van der Waals surface area contributed by atoms with Gasteiger partial charge in [0.25, 0.3) is 0 Å². The maximum Gasteiger partial charge on any atom is 0.311 e. The first-order valence-corrected chi connectivity index (χ1v) is 4.43. The number of hydrogen-bond acceptors (Lipinski definition) is 5. The highest BCUT2D eigenvalue weighted by molar-refractivity contribution is 5.73. The van der Waals surface area contributed by atoms with Gasteiger partial charge in [-0.25, -0.2) is 9.97 Å². The van der Waals surface area contributed by atoms with Crippen LogP contribution in [0.2, 0.25) is 0 Å². The third kappa shape index (κ3) is 2.69. The zero-order valence-electron chi connectivity index (χ0n) is 8.28. The van der Waals surface area contributed by atoms with Gasteiger partial charge in [-0.05, 0) is 13.3 Å². The molecular weight excluding hydrogens is 182 g/mol. The van der Waals surface area contributed by atoms with Crippen LogP contribution in [0.3, 0.4) is 0 Å². The number of aryl methyl sites for hydroxylation is 1. The van der Waals surface area contributed by atoms with Crippen molar-refractivity contribution >= 4 is 11.8 Å². The summed E-state index contributed by atoms with van der Waals surface area (Å²) in [5.41, 5.74) is 5.54. The van der Waals surface area contributed by atoms with Gasteiger partial charge in [0, 0.05) is 6.42 Å². The van der Waals surface area contributed by atoms with Gasteiger partial charge in [-0.15, -0.1) is 0 Å². The van der Waals surface area contributed by atoms with Crippen LogP contribution in [0.5, 0.6) is 5.75 Å². The summed E-state index contributed by atoms with van der Waals surface area (Å²) in [6.07, 6.45) is 2.52. The van der Waals surface area contributed by atoms with Gasteiger partial charge in [0.2, 0.25) is 0 Å². The Bertz CT molecular complexity index is 339. The van der Waals surface area contributed by atoms with Gasteiger partial charge in [0.15, 0.2) is 11.6 Å². The lowest BCUT2D eigenvalue weighted by molar-refractivity contribution is -0.134. The van der Waals surface area contributed by atoms with Crippen molar-refractivity contribution in [1.82, 2.24) is 9.97 Å². The number of ether oxygens (including phenoxy) is 1. The van der Waals surface area contributed by atoms with E-state index in [1.807, 2.05) is 6.92 Å². The van der Waals surface area contributed by atoms with Crippen LogP contribution in [-0.4, -0.2) is 15.9 Å². The van der Waals surface area contributed by atoms with E-state index in [9.17, 15) is 4.79 Å². The molecule has 0 saturated heterocycles. The molecule has 0 aromatic carbocycles. The van der Waals surface area contributed by atoms with E-state index in [2.05, 4.69) is 9.97 Å². The van der Waals surface area contributed by atoms with Crippen molar-refractivity contribution in [3.8, 4) is 5.75 Å². The Morgan fingerprint density at radius 1 is 1.64 bits per heavy atom.